The molecule has 1 aromatic heterocycles. The van der Waals surface area contributed by atoms with Gasteiger partial charge in [-0.2, -0.15) is 0 Å². The minimum absolute atomic E-state index is 0.0502. The van der Waals surface area contributed by atoms with E-state index in [0.717, 1.165) is 58.2 Å². The number of aromatic nitrogens is 1. The summed E-state index contributed by atoms with van der Waals surface area (Å²) in [7, 11) is 0. The van der Waals surface area contributed by atoms with Gasteiger partial charge in [-0.05, 0) is 59.6 Å². The molecule has 1 saturated heterocycles. The summed E-state index contributed by atoms with van der Waals surface area (Å²) in [5.74, 6) is 1.08. The molecule has 148 valence electrons. The highest BCUT2D eigenvalue weighted by atomic mass is 16.5. The lowest BCUT2D eigenvalue weighted by molar-refractivity contribution is -0.0135. The van der Waals surface area contributed by atoms with Crippen molar-refractivity contribution in [3.63, 3.8) is 0 Å². The molecule has 0 aliphatic carbocycles. The van der Waals surface area contributed by atoms with Gasteiger partial charge in [-0.3, -0.25) is 4.90 Å². The first-order chi connectivity index (χ1) is 12.1. The molecule has 0 atom stereocenters. The van der Waals surface area contributed by atoms with E-state index in [1.807, 2.05) is 6.20 Å². The number of piperazine rings is 1. The van der Waals surface area contributed by atoms with Gasteiger partial charge in [-0.1, -0.05) is 6.07 Å². The summed E-state index contributed by atoms with van der Waals surface area (Å²) in [6, 6.07) is 4.32. The van der Waals surface area contributed by atoms with Gasteiger partial charge < -0.3 is 14.4 Å². The third-order valence-corrected chi connectivity index (χ3v) is 4.37. The fourth-order valence-electron chi connectivity index (χ4n) is 2.91. The van der Waals surface area contributed by atoms with Gasteiger partial charge in [0, 0.05) is 38.9 Å². The Morgan fingerprint density at radius 3 is 2.04 bits per heavy atom. The minimum atomic E-state index is -0.0784. The molecule has 5 heteroatoms. The summed E-state index contributed by atoms with van der Waals surface area (Å²) < 4.78 is 11.6. The molecule has 0 amide bonds. The van der Waals surface area contributed by atoms with E-state index < -0.39 is 0 Å². The molecule has 0 saturated carbocycles. The summed E-state index contributed by atoms with van der Waals surface area (Å²) in [5.41, 5.74) is 1.10. The lowest BCUT2D eigenvalue weighted by Gasteiger charge is -2.35. The van der Waals surface area contributed by atoms with Crippen LogP contribution in [-0.4, -0.2) is 67.0 Å². The maximum absolute atomic E-state index is 5.83. The van der Waals surface area contributed by atoms with Crippen LogP contribution < -0.4 is 4.90 Å². The van der Waals surface area contributed by atoms with Crippen LogP contribution in [0.2, 0.25) is 0 Å². The van der Waals surface area contributed by atoms with E-state index >= 15 is 0 Å². The Bertz CT molecular complexity index is 524. The van der Waals surface area contributed by atoms with Crippen LogP contribution in [0.25, 0.3) is 0 Å². The van der Waals surface area contributed by atoms with Crippen molar-refractivity contribution in [2.24, 2.45) is 0 Å². The van der Waals surface area contributed by atoms with Crippen LogP contribution in [0.5, 0.6) is 0 Å². The largest absolute Gasteiger partial charge is 0.376 e. The lowest BCUT2D eigenvalue weighted by atomic mass is 10.2. The van der Waals surface area contributed by atoms with E-state index in [9.17, 15) is 0 Å². The summed E-state index contributed by atoms with van der Waals surface area (Å²) in [5, 5.41) is 0. The molecule has 0 spiro atoms. The average molecular weight is 364 g/mol. The van der Waals surface area contributed by atoms with E-state index in [1.165, 1.54) is 5.56 Å². The van der Waals surface area contributed by atoms with Gasteiger partial charge in [-0.25, -0.2) is 4.98 Å². The van der Waals surface area contributed by atoms with Gasteiger partial charge >= 0.3 is 0 Å². The van der Waals surface area contributed by atoms with Gasteiger partial charge in [0.1, 0.15) is 5.82 Å². The van der Waals surface area contributed by atoms with Crippen LogP contribution in [-0.2, 0) is 15.9 Å². The predicted molar refractivity (Wildman–Crippen MR) is 108 cm³/mol. The first-order valence-electron chi connectivity index (χ1n) is 9.83. The molecule has 2 heterocycles. The fraction of sp³-hybridized carbons (Fsp3) is 0.762. The molecule has 2 rings (SSSR count). The molecule has 1 aliphatic rings. The fourth-order valence-corrected chi connectivity index (χ4v) is 2.91. The summed E-state index contributed by atoms with van der Waals surface area (Å²) in [6.45, 7) is 19.3. The quantitative estimate of drug-likeness (QED) is 0.742. The van der Waals surface area contributed by atoms with Crippen molar-refractivity contribution < 1.29 is 9.47 Å². The van der Waals surface area contributed by atoms with Gasteiger partial charge in [0.25, 0.3) is 0 Å². The van der Waals surface area contributed by atoms with E-state index in [2.05, 4.69) is 68.5 Å². The average Bonchev–Trinajstić information content (AvgIpc) is 2.54. The molecule has 5 nitrogen and oxygen atoms in total. The minimum Gasteiger partial charge on any atom is -0.376 e. The van der Waals surface area contributed by atoms with Crippen LogP contribution in [0.1, 0.15) is 47.1 Å². The van der Waals surface area contributed by atoms with Gasteiger partial charge in [0.05, 0.1) is 24.4 Å². The summed E-state index contributed by atoms with van der Waals surface area (Å²) >= 11 is 0. The van der Waals surface area contributed by atoms with Gasteiger partial charge in [0.15, 0.2) is 0 Å². The Morgan fingerprint density at radius 1 is 0.885 bits per heavy atom. The Balaban J connectivity index is 1.72. The van der Waals surface area contributed by atoms with Crippen molar-refractivity contribution >= 4 is 5.82 Å². The Labute approximate surface area is 159 Å². The molecule has 1 fully saturated rings. The Kier molecular flexibility index (Phi) is 7.44. The Morgan fingerprint density at radius 2 is 1.50 bits per heavy atom. The number of anilines is 1. The smallest absolute Gasteiger partial charge is 0.128 e. The zero-order valence-electron chi connectivity index (χ0n) is 17.5. The number of hydrogen-bond acceptors (Lipinski definition) is 5. The standard InChI is InChI=1S/C21H37N3O2/c1-20(2,3)25-15-9-18-7-8-19(22-17-18)24-12-10-23(11-13-24)14-16-26-21(4,5)6/h7-8,17H,9-16H2,1-6H3. The van der Waals surface area contributed by atoms with Crippen molar-refractivity contribution in [1.82, 2.24) is 9.88 Å². The highest BCUT2D eigenvalue weighted by Crippen LogP contribution is 2.15. The highest BCUT2D eigenvalue weighted by Gasteiger charge is 2.19. The number of pyridine rings is 1. The second kappa shape index (κ2) is 9.16. The SMILES string of the molecule is CC(C)(C)OCCc1ccc(N2CCN(CCOC(C)(C)C)CC2)nc1. The van der Waals surface area contributed by atoms with Crippen molar-refractivity contribution in [3.8, 4) is 0 Å². The molecule has 0 unspecified atom stereocenters. The molecule has 0 aromatic carbocycles. The monoisotopic (exact) mass is 363 g/mol. The lowest BCUT2D eigenvalue weighted by Crippen LogP contribution is -2.47. The molecule has 1 aliphatic heterocycles. The molecule has 0 radical (unpaired) electrons. The second-order valence-electron chi connectivity index (χ2n) is 9.03. The summed E-state index contributed by atoms with van der Waals surface area (Å²) in [4.78, 5) is 9.51. The first-order valence-corrected chi connectivity index (χ1v) is 9.83. The van der Waals surface area contributed by atoms with E-state index in [1.54, 1.807) is 0 Å². The Hall–Kier alpha value is -1.17. The van der Waals surface area contributed by atoms with Crippen molar-refractivity contribution in [2.45, 2.75) is 59.2 Å². The van der Waals surface area contributed by atoms with Crippen molar-refractivity contribution in [3.05, 3.63) is 23.9 Å². The third-order valence-electron chi connectivity index (χ3n) is 4.37. The van der Waals surface area contributed by atoms with Crippen LogP contribution >= 0.6 is 0 Å². The number of hydrogen-bond donors (Lipinski definition) is 0. The molecule has 0 N–H and O–H groups in total. The predicted octanol–water partition coefficient (Wildman–Crippen LogP) is 3.38. The van der Waals surface area contributed by atoms with Crippen LogP contribution in [0.4, 0.5) is 5.82 Å². The molecule has 26 heavy (non-hydrogen) atoms. The molecule has 1 aromatic rings. The first kappa shape index (κ1) is 21.1. The zero-order valence-corrected chi connectivity index (χ0v) is 17.5. The van der Waals surface area contributed by atoms with Crippen molar-refractivity contribution in [2.75, 3.05) is 50.8 Å². The number of ether oxygens (including phenoxy) is 2. The number of rotatable bonds is 7. The zero-order chi connectivity index (χ0) is 19.2. The van der Waals surface area contributed by atoms with E-state index in [-0.39, 0.29) is 11.2 Å². The third kappa shape index (κ3) is 8.02. The van der Waals surface area contributed by atoms with E-state index in [4.69, 9.17) is 9.47 Å². The second-order valence-corrected chi connectivity index (χ2v) is 9.03. The van der Waals surface area contributed by atoms with Crippen LogP contribution in [0.15, 0.2) is 18.3 Å². The maximum atomic E-state index is 5.83. The van der Waals surface area contributed by atoms with Gasteiger partial charge in [0.2, 0.25) is 0 Å². The molecule has 0 bridgehead atoms. The summed E-state index contributed by atoms with van der Waals surface area (Å²) in [6.07, 6.45) is 2.90. The molecular formula is C21H37N3O2. The topological polar surface area (TPSA) is 37.8 Å². The van der Waals surface area contributed by atoms with Crippen molar-refractivity contribution in [1.29, 1.82) is 0 Å². The normalized spacial score (nSPS) is 16.9. The van der Waals surface area contributed by atoms with Crippen LogP contribution in [0.3, 0.4) is 0 Å². The van der Waals surface area contributed by atoms with E-state index in [0.29, 0.717) is 0 Å². The highest BCUT2D eigenvalue weighted by molar-refractivity contribution is 5.40. The van der Waals surface area contributed by atoms with Gasteiger partial charge in [-0.15, -0.1) is 0 Å². The maximum Gasteiger partial charge on any atom is 0.128 e. The van der Waals surface area contributed by atoms with Crippen LogP contribution in [0, 0.1) is 0 Å². The number of nitrogens with zero attached hydrogens (tertiary/aromatic N) is 3. The molecular weight excluding hydrogens is 326 g/mol.